The zero-order valence-corrected chi connectivity index (χ0v) is 17.5. The van der Waals surface area contributed by atoms with Crippen molar-refractivity contribution in [3.63, 3.8) is 0 Å². The van der Waals surface area contributed by atoms with Crippen LogP contribution in [0.25, 0.3) is 53.9 Å². The molecule has 0 N–H and O–H groups in total. The first kappa shape index (κ1) is 16.6. The molecular weight excluding hydrogens is 368 g/mol. The molecule has 0 bridgehead atoms. The largest absolute Gasteiger partial charge is 0.257 e. The summed E-state index contributed by atoms with van der Waals surface area (Å²) in [7, 11) is 0. The highest BCUT2D eigenvalue weighted by Crippen LogP contribution is 2.49. The van der Waals surface area contributed by atoms with Crippen molar-refractivity contribution in [2.45, 2.75) is 38.8 Å². The van der Waals surface area contributed by atoms with Crippen LogP contribution in [0.4, 0.5) is 0 Å². The van der Waals surface area contributed by atoms with E-state index >= 15 is 0 Å². The summed E-state index contributed by atoms with van der Waals surface area (Å²) in [5, 5.41) is 27.2. The van der Waals surface area contributed by atoms with Crippen molar-refractivity contribution in [1.29, 1.82) is 0 Å². The van der Waals surface area contributed by atoms with Gasteiger partial charge in [0, 0.05) is 5.56 Å². The molecule has 0 fully saturated rings. The Hall–Kier alpha value is -3.17. The summed E-state index contributed by atoms with van der Waals surface area (Å²) in [5.74, 6) is 0.550. The third-order valence-electron chi connectivity index (χ3n) is 7.84. The molecule has 145 valence electrons. The molecule has 0 saturated carbocycles. The van der Waals surface area contributed by atoms with E-state index in [1.807, 2.05) is 27.7 Å². The normalized spacial score (nSPS) is 18.8. The van der Waals surface area contributed by atoms with Gasteiger partial charge in [-0.05, 0) is 87.6 Å². The van der Waals surface area contributed by atoms with Crippen molar-refractivity contribution in [3.8, 4) is 0 Å². The molecule has 1 radical (unpaired) electrons. The first-order valence-corrected chi connectivity index (χ1v) is 10.5. The number of hydroxylamine groups is 2. The van der Waals surface area contributed by atoms with Gasteiger partial charge in [-0.25, -0.2) is 0 Å². The van der Waals surface area contributed by atoms with Crippen LogP contribution in [0.1, 0.15) is 33.3 Å². The van der Waals surface area contributed by atoms with E-state index in [9.17, 15) is 5.21 Å². The second-order valence-electron chi connectivity index (χ2n) is 9.85. The number of amidine groups is 1. The monoisotopic (exact) mass is 389 g/mol. The van der Waals surface area contributed by atoms with E-state index in [1.165, 1.54) is 48.5 Å². The zero-order chi connectivity index (χ0) is 20.6. The minimum atomic E-state index is -0.596. The predicted octanol–water partition coefficient (Wildman–Crippen LogP) is 6.73. The molecule has 1 heterocycles. The SMILES string of the molecule is CC1(C)N=C(c2cc3ccc4ccc5ccc6ccc2c2c6c5c4c32)N([O])C1(C)C. The number of rotatable bonds is 1. The van der Waals surface area contributed by atoms with E-state index in [-0.39, 0.29) is 0 Å². The van der Waals surface area contributed by atoms with E-state index < -0.39 is 11.1 Å². The highest BCUT2D eigenvalue weighted by Gasteiger charge is 2.50. The van der Waals surface area contributed by atoms with Gasteiger partial charge in [0.15, 0.2) is 5.84 Å². The average molecular weight is 389 g/mol. The minimum Gasteiger partial charge on any atom is -0.257 e. The first-order chi connectivity index (χ1) is 14.3. The topological polar surface area (TPSA) is 35.5 Å². The number of hydrogen-bond donors (Lipinski definition) is 0. The van der Waals surface area contributed by atoms with Crippen LogP contribution in [-0.4, -0.2) is 22.0 Å². The third-order valence-corrected chi connectivity index (χ3v) is 7.84. The molecule has 0 unspecified atom stereocenters. The standard InChI is InChI=1S/C27H21N2O/c1-26(2)27(3,4)29(30)25(28-26)19-13-17-10-9-15-6-5-14-7-8-16-11-12-18(19)24-22(16)20(14)21(15)23(17)24/h5-13H,1-4H3. The molecule has 0 aliphatic carbocycles. The van der Waals surface area contributed by atoms with Crippen LogP contribution >= 0.6 is 0 Å². The summed E-state index contributed by atoms with van der Waals surface area (Å²) in [5.41, 5.74) is -0.110. The maximum Gasteiger partial charge on any atom is 0.160 e. The van der Waals surface area contributed by atoms with Crippen molar-refractivity contribution >= 4 is 59.7 Å². The Morgan fingerprint density at radius 1 is 0.667 bits per heavy atom. The van der Waals surface area contributed by atoms with Gasteiger partial charge in [0.25, 0.3) is 0 Å². The lowest BCUT2D eigenvalue weighted by atomic mass is 9.84. The van der Waals surface area contributed by atoms with Gasteiger partial charge < -0.3 is 0 Å². The van der Waals surface area contributed by atoms with Gasteiger partial charge in [0.2, 0.25) is 0 Å². The maximum atomic E-state index is 13.4. The van der Waals surface area contributed by atoms with Gasteiger partial charge in [-0.3, -0.25) is 4.99 Å². The molecule has 1 aliphatic rings. The first-order valence-electron chi connectivity index (χ1n) is 10.5. The average Bonchev–Trinajstić information content (AvgIpc) is 3.17. The number of hydrogen-bond acceptors (Lipinski definition) is 2. The van der Waals surface area contributed by atoms with E-state index in [4.69, 9.17) is 4.99 Å². The number of benzene rings is 5. The lowest BCUT2D eigenvalue weighted by molar-refractivity contribution is -0.158. The molecule has 30 heavy (non-hydrogen) atoms. The number of nitrogens with zero attached hydrogens (tertiary/aromatic N) is 2. The molecule has 1 aliphatic heterocycles. The summed E-state index contributed by atoms with van der Waals surface area (Å²) >= 11 is 0. The van der Waals surface area contributed by atoms with Crippen LogP contribution in [0, 0.1) is 0 Å². The van der Waals surface area contributed by atoms with Gasteiger partial charge >= 0.3 is 0 Å². The molecule has 7 rings (SSSR count). The molecule has 0 atom stereocenters. The van der Waals surface area contributed by atoms with Crippen LogP contribution in [0.2, 0.25) is 0 Å². The smallest absolute Gasteiger partial charge is 0.160 e. The Bertz CT molecular complexity index is 1620. The summed E-state index contributed by atoms with van der Waals surface area (Å²) < 4.78 is 0. The van der Waals surface area contributed by atoms with Gasteiger partial charge in [0.1, 0.15) is 0 Å². The van der Waals surface area contributed by atoms with Gasteiger partial charge in [-0.2, -0.15) is 5.06 Å². The Labute approximate surface area is 174 Å². The van der Waals surface area contributed by atoms with Crippen LogP contribution in [0.15, 0.2) is 59.6 Å². The fourth-order valence-corrected chi connectivity index (χ4v) is 5.49. The minimum absolute atomic E-state index is 0.456. The molecule has 0 spiro atoms. The zero-order valence-electron chi connectivity index (χ0n) is 17.5. The molecule has 3 heteroatoms. The molecule has 0 aromatic heterocycles. The second-order valence-corrected chi connectivity index (χ2v) is 9.85. The molecule has 0 amide bonds. The lowest BCUT2D eigenvalue weighted by Gasteiger charge is -2.35. The van der Waals surface area contributed by atoms with Gasteiger partial charge in [-0.1, -0.05) is 53.7 Å². The van der Waals surface area contributed by atoms with Crippen molar-refractivity contribution in [2.24, 2.45) is 4.99 Å². The van der Waals surface area contributed by atoms with Gasteiger partial charge in [0.05, 0.1) is 11.1 Å². The molecular formula is C27H21N2O. The Kier molecular flexibility index (Phi) is 2.64. The third kappa shape index (κ3) is 1.64. The fraction of sp³-hybridized carbons (Fsp3) is 0.222. The van der Waals surface area contributed by atoms with Crippen LogP contribution in [0.5, 0.6) is 0 Å². The Balaban J connectivity index is 1.72. The maximum absolute atomic E-state index is 13.4. The quantitative estimate of drug-likeness (QED) is 0.287. The van der Waals surface area contributed by atoms with Crippen molar-refractivity contribution in [3.05, 3.63) is 60.2 Å². The summed E-state index contributed by atoms with van der Waals surface area (Å²) in [4.78, 5) is 4.94. The molecule has 6 aromatic rings. The summed E-state index contributed by atoms with van der Waals surface area (Å²) in [6.07, 6.45) is 0. The van der Waals surface area contributed by atoms with Crippen molar-refractivity contribution in [1.82, 2.24) is 5.06 Å². The van der Waals surface area contributed by atoms with Crippen molar-refractivity contribution < 1.29 is 5.21 Å². The highest BCUT2D eigenvalue weighted by molar-refractivity contribution is 6.45. The molecule has 0 saturated heterocycles. The van der Waals surface area contributed by atoms with Crippen molar-refractivity contribution in [2.75, 3.05) is 0 Å². The highest BCUT2D eigenvalue weighted by atomic mass is 16.5. The van der Waals surface area contributed by atoms with Gasteiger partial charge in [-0.15, -0.1) is 0 Å². The molecule has 6 aromatic carbocycles. The number of aliphatic imine (C=N–C) groups is 1. The van der Waals surface area contributed by atoms with E-state index in [0.717, 1.165) is 16.0 Å². The van der Waals surface area contributed by atoms with E-state index in [2.05, 4.69) is 54.6 Å². The summed E-state index contributed by atoms with van der Waals surface area (Å²) in [6.45, 7) is 8.06. The van der Waals surface area contributed by atoms with E-state index in [0.29, 0.717) is 5.84 Å². The van der Waals surface area contributed by atoms with Crippen LogP contribution in [0.3, 0.4) is 0 Å². The predicted molar refractivity (Wildman–Crippen MR) is 125 cm³/mol. The van der Waals surface area contributed by atoms with Crippen LogP contribution in [-0.2, 0) is 5.21 Å². The summed E-state index contributed by atoms with van der Waals surface area (Å²) in [6, 6.07) is 19.8. The second kappa shape index (κ2) is 4.76. The van der Waals surface area contributed by atoms with Crippen LogP contribution < -0.4 is 0 Å². The molecule has 3 nitrogen and oxygen atoms in total. The Morgan fingerprint density at radius 3 is 1.67 bits per heavy atom. The van der Waals surface area contributed by atoms with E-state index in [1.54, 1.807) is 0 Å². The fourth-order valence-electron chi connectivity index (χ4n) is 5.49. The Morgan fingerprint density at radius 2 is 1.13 bits per heavy atom. The lowest BCUT2D eigenvalue weighted by Crippen LogP contribution is -2.50.